The summed E-state index contributed by atoms with van der Waals surface area (Å²) in [6.07, 6.45) is -4.75. The van der Waals surface area contributed by atoms with E-state index in [9.17, 15) is 22.8 Å². The van der Waals surface area contributed by atoms with Crippen LogP contribution in [0.1, 0.15) is 26.5 Å². The van der Waals surface area contributed by atoms with E-state index in [-0.39, 0.29) is 22.9 Å². The van der Waals surface area contributed by atoms with E-state index >= 15 is 0 Å². The summed E-state index contributed by atoms with van der Waals surface area (Å²) in [5.41, 5.74) is -2.69. The monoisotopic (exact) mass is 527 g/mol. The topological polar surface area (TPSA) is 84.0 Å². The summed E-state index contributed by atoms with van der Waals surface area (Å²) in [5, 5.41) is 0. The summed E-state index contributed by atoms with van der Waals surface area (Å²) in [7, 11) is 1.48. The molecule has 2 aliphatic rings. The highest BCUT2D eigenvalue weighted by atomic mass is 79.9. The van der Waals surface area contributed by atoms with Crippen molar-refractivity contribution in [3.63, 3.8) is 0 Å². The highest BCUT2D eigenvalue weighted by Crippen LogP contribution is 2.63. The van der Waals surface area contributed by atoms with Crippen LogP contribution in [0.25, 0.3) is 0 Å². The second-order valence-corrected chi connectivity index (χ2v) is 9.40. The number of ether oxygens (including phenoxy) is 4. The van der Waals surface area contributed by atoms with Gasteiger partial charge in [0.2, 0.25) is 0 Å². The van der Waals surface area contributed by atoms with Crippen LogP contribution in [-0.2, 0) is 34.7 Å². The number of nitrogens with zero attached hydrogens (tertiary/aromatic N) is 1. The average molecular weight is 528 g/mol. The SMILES string of the molecule is COC1C2C(C)[C@@]2(OC(C)=O)C(COC(C)=O)O[C@@H]1Sc1cnc(C(F)(F)F)c(Br)c1. The smallest absolute Gasteiger partial charge is 0.434 e. The van der Waals surface area contributed by atoms with Crippen LogP contribution in [0.15, 0.2) is 21.6 Å². The summed E-state index contributed by atoms with van der Waals surface area (Å²) in [4.78, 5) is 27.0. The van der Waals surface area contributed by atoms with Gasteiger partial charge in [0.15, 0.2) is 11.3 Å². The molecule has 1 aliphatic heterocycles. The zero-order valence-electron chi connectivity index (χ0n) is 17.1. The largest absolute Gasteiger partial charge is 0.463 e. The molecule has 2 heterocycles. The van der Waals surface area contributed by atoms with Crippen LogP contribution in [0.3, 0.4) is 0 Å². The third-order valence-corrected chi connectivity index (χ3v) is 7.17. The molecule has 1 aliphatic carbocycles. The van der Waals surface area contributed by atoms with Gasteiger partial charge in [-0.25, -0.2) is 4.98 Å². The fourth-order valence-electron chi connectivity index (χ4n) is 4.17. The lowest BCUT2D eigenvalue weighted by Crippen LogP contribution is -2.52. The van der Waals surface area contributed by atoms with Gasteiger partial charge in [-0.05, 0) is 22.0 Å². The molecule has 0 aromatic carbocycles. The van der Waals surface area contributed by atoms with Crippen molar-refractivity contribution in [3.05, 3.63) is 22.4 Å². The maximum absolute atomic E-state index is 13.0. The second-order valence-electron chi connectivity index (χ2n) is 7.37. The van der Waals surface area contributed by atoms with E-state index in [4.69, 9.17) is 18.9 Å². The predicted molar refractivity (Wildman–Crippen MR) is 106 cm³/mol. The summed E-state index contributed by atoms with van der Waals surface area (Å²) >= 11 is 4.05. The summed E-state index contributed by atoms with van der Waals surface area (Å²) in [5.74, 6) is -1.38. The van der Waals surface area contributed by atoms with Gasteiger partial charge in [0.05, 0.1) is 0 Å². The van der Waals surface area contributed by atoms with E-state index in [0.29, 0.717) is 4.90 Å². The maximum Gasteiger partial charge on any atom is 0.434 e. The van der Waals surface area contributed by atoms with E-state index in [1.54, 1.807) is 0 Å². The van der Waals surface area contributed by atoms with Crippen molar-refractivity contribution in [2.45, 2.75) is 55.1 Å². The third-order valence-electron chi connectivity index (χ3n) is 5.45. The van der Waals surface area contributed by atoms with Crippen molar-refractivity contribution in [2.24, 2.45) is 11.8 Å². The molecule has 4 unspecified atom stereocenters. The molecule has 1 aromatic heterocycles. The molecule has 1 saturated heterocycles. The molecule has 1 saturated carbocycles. The molecule has 0 N–H and O–H groups in total. The van der Waals surface area contributed by atoms with Crippen LogP contribution < -0.4 is 0 Å². The molecule has 0 amide bonds. The Hall–Kier alpha value is -1.37. The molecule has 0 spiro atoms. The fraction of sp³-hybridized carbons (Fsp3) is 0.632. The number of hydrogen-bond donors (Lipinski definition) is 0. The number of esters is 2. The van der Waals surface area contributed by atoms with Gasteiger partial charge in [0.25, 0.3) is 0 Å². The number of pyridine rings is 1. The van der Waals surface area contributed by atoms with Crippen LogP contribution >= 0.6 is 27.7 Å². The van der Waals surface area contributed by atoms with Gasteiger partial charge in [-0.1, -0.05) is 18.7 Å². The first-order chi connectivity index (χ1) is 14.4. The zero-order chi connectivity index (χ0) is 23.1. The van der Waals surface area contributed by atoms with Crippen LogP contribution in [-0.4, -0.2) is 53.9 Å². The Morgan fingerprint density at radius 3 is 2.52 bits per heavy atom. The van der Waals surface area contributed by atoms with Gasteiger partial charge in [0.1, 0.15) is 24.3 Å². The number of alkyl halides is 3. The van der Waals surface area contributed by atoms with Gasteiger partial charge in [-0.2, -0.15) is 13.2 Å². The molecule has 3 rings (SSSR count). The average Bonchev–Trinajstić information content (AvgIpc) is 3.22. The van der Waals surface area contributed by atoms with E-state index in [2.05, 4.69) is 20.9 Å². The van der Waals surface area contributed by atoms with Crippen LogP contribution in [0.4, 0.5) is 13.2 Å². The number of thioether (sulfide) groups is 1. The minimum Gasteiger partial charge on any atom is -0.463 e. The van der Waals surface area contributed by atoms with Crippen molar-refractivity contribution >= 4 is 39.6 Å². The van der Waals surface area contributed by atoms with Gasteiger partial charge in [0, 0.05) is 48.4 Å². The first kappa shape index (κ1) is 24.3. The molecule has 2 fully saturated rings. The number of rotatable bonds is 6. The molecule has 6 atom stereocenters. The molecule has 7 nitrogen and oxygen atoms in total. The number of methoxy groups -OCH3 is 1. The number of fused-ring (bicyclic) bond motifs is 1. The lowest BCUT2D eigenvalue weighted by atomic mass is 10.0. The van der Waals surface area contributed by atoms with Crippen molar-refractivity contribution in [1.82, 2.24) is 4.98 Å². The highest BCUT2D eigenvalue weighted by molar-refractivity contribution is 9.10. The number of carbonyl (C=O) groups is 2. The molecule has 0 radical (unpaired) electrons. The van der Waals surface area contributed by atoms with Crippen molar-refractivity contribution in [2.75, 3.05) is 13.7 Å². The third kappa shape index (κ3) is 4.71. The summed E-state index contributed by atoms with van der Waals surface area (Å²) < 4.78 is 61.2. The number of hydrogen-bond acceptors (Lipinski definition) is 8. The van der Waals surface area contributed by atoms with Gasteiger partial charge < -0.3 is 18.9 Å². The summed E-state index contributed by atoms with van der Waals surface area (Å²) in [6.45, 7) is 4.29. The minimum atomic E-state index is -4.58. The molecule has 12 heteroatoms. The van der Waals surface area contributed by atoms with Crippen molar-refractivity contribution in [3.8, 4) is 0 Å². The normalized spacial score (nSPS) is 32.2. The Morgan fingerprint density at radius 1 is 1.32 bits per heavy atom. The molecule has 172 valence electrons. The molecule has 0 bridgehead atoms. The summed E-state index contributed by atoms with van der Waals surface area (Å²) in [6, 6.07) is 1.31. The van der Waals surface area contributed by atoms with E-state index in [1.807, 2.05) is 6.92 Å². The Labute approximate surface area is 189 Å². The van der Waals surface area contributed by atoms with E-state index in [1.165, 1.54) is 27.0 Å². The predicted octanol–water partition coefficient (Wildman–Crippen LogP) is 3.83. The van der Waals surface area contributed by atoms with E-state index < -0.39 is 47.1 Å². The van der Waals surface area contributed by atoms with Gasteiger partial charge in [-0.3, -0.25) is 9.59 Å². The first-order valence-corrected chi connectivity index (χ1v) is 11.0. The molecule has 31 heavy (non-hydrogen) atoms. The first-order valence-electron chi connectivity index (χ1n) is 9.32. The van der Waals surface area contributed by atoms with Crippen LogP contribution in [0.2, 0.25) is 0 Å². The van der Waals surface area contributed by atoms with Gasteiger partial charge in [-0.15, -0.1) is 0 Å². The van der Waals surface area contributed by atoms with Crippen LogP contribution in [0.5, 0.6) is 0 Å². The lowest BCUT2D eigenvalue weighted by Gasteiger charge is -2.39. The maximum atomic E-state index is 13.0. The standard InChI is InChI=1S/C19H21BrF3NO6S/c1-8-14-15(27-4)17(31-11-5-12(20)16(24-6-11)19(21,22)23)29-13(7-28-9(2)25)18(8,14)30-10(3)26/h5-6,8,13-15,17H,7H2,1-4H3/t8?,13?,14?,15?,17-,18-/m1/s1. The zero-order valence-corrected chi connectivity index (χ0v) is 19.5. The molecular weight excluding hydrogens is 507 g/mol. The Morgan fingerprint density at radius 2 is 2.00 bits per heavy atom. The number of aromatic nitrogens is 1. The van der Waals surface area contributed by atoms with Crippen molar-refractivity contribution in [1.29, 1.82) is 0 Å². The van der Waals surface area contributed by atoms with Crippen molar-refractivity contribution < 1.29 is 41.7 Å². The lowest BCUT2D eigenvalue weighted by molar-refractivity contribution is -0.196. The van der Waals surface area contributed by atoms with E-state index in [0.717, 1.165) is 18.0 Å². The van der Waals surface area contributed by atoms with Crippen LogP contribution in [0, 0.1) is 11.8 Å². The Bertz CT molecular complexity index is 872. The number of halogens is 4. The quantitative estimate of drug-likeness (QED) is 0.516. The highest BCUT2D eigenvalue weighted by Gasteiger charge is 2.76. The Balaban J connectivity index is 1.87. The number of carbonyl (C=O) groups excluding carboxylic acids is 2. The minimum absolute atomic E-state index is 0.133. The molecule has 1 aromatic rings. The fourth-order valence-corrected chi connectivity index (χ4v) is 6.07. The Kier molecular flexibility index (Phi) is 6.95. The molecular formula is C19H21BrF3NO6S. The van der Waals surface area contributed by atoms with Gasteiger partial charge >= 0.3 is 18.1 Å². The second kappa shape index (κ2) is 8.87.